The fourth-order valence-corrected chi connectivity index (χ4v) is 2.02. The molecule has 1 aliphatic rings. The predicted molar refractivity (Wildman–Crippen MR) is 66.4 cm³/mol. The van der Waals surface area contributed by atoms with Gasteiger partial charge in [0.25, 0.3) is 0 Å². The van der Waals surface area contributed by atoms with Crippen molar-refractivity contribution in [1.29, 1.82) is 0 Å². The minimum absolute atomic E-state index is 0.270. The van der Waals surface area contributed by atoms with Crippen LogP contribution in [0.4, 0.5) is 0 Å². The second-order valence-electron chi connectivity index (χ2n) is 4.68. The summed E-state index contributed by atoms with van der Waals surface area (Å²) in [6.45, 7) is 8.50. The Hall–Kier alpha value is -0.610. The van der Waals surface area contributed by atoms with Crippen LogP contribution in [-0.4, -0.2) is 61.5 Å². The normalized spacial score (nSPS) is 18.9. The van der Waals surface area contributed by atoms with E-state index in [1.165, 1.54) is 6.42 Å². The third-order valence-corrected chi connectivity index (χ3v) is 3.31. The molecule has 1 aliphatic heterocycles. The van der Waals surface area contributed by atoms with E-state index in [0.717, 1.165) is 32.6 Å². The smallest absolute Gasteiger partial charge is 0.236 e. The van der Waals surface area contributed by atoms with Crippen LogP contribution in [-0.2, 0) is 4.79 Å². The lowest BCUT2D eigenvalue weighted by molar-refractivity contribution is -0.133. The van der Waals surface area contributed by atoms with Gasteiger partial charge in [-0.15, -0.1) is 0 Å². The van der Waals surface area contributed by atoms with E-state index in [1.807, 2.05) is 11.9 Å². The second-order valence-corrected chi connectivity index (χ2v) is 4.68. The first-order chi connectivity index (χ1) is 7.65. The van der Waals surface area contributed by atoms with Crippen LogP contribution in [0.25, 0.3) is 0 Å². The van der Waals surface area contributed by atoms with E-state index in [-0.39, 0.29) is 5.91 Å². The van der Waals surface area contributed by atoms with Gasteiger partial charge in [0.2, 0.25) is 5.91 Å². The van der Waals surface area contributed by atoms with Crippen molar-refractivity contribution in [2.24, 2.45) is 0 Å². The maximum atomic E-state index is 12.0. The molecule has 94 valence electrons. The molecule has 16 heavy (non-hydrogen) atoms. The van der Waals surface area contributed by atoms with Crippen molar-refractivity contribution in [3.8, 4) is 0 Å². The Balaban J connectivity index is 2.31. The molecule has 1 amide bonds. The average molecular weight is 227 g/mol. The average Bonchev–Trinajstić information content (AvgIpc) is 2.30. The number of carbonyl (C=O) groups excluding carboxylic acids is 1. The number of hydrogen-bond acceptors (Lipinski definition) is 3. The molecule has 0 aromatic heterocycles. The summed E-state index contributed by atoms with van der Waals surface area (Å²) >= 11 is 0. The lowest BCUT2D eigenvalue weighted by Gasteiger charge is -2.31. The van der Waals surface area contributed by atoms with Crippen LogP contribution in [0, 0.1) is 0 Å². The number of amides is 1. The van der Waals surface area contributed by atoms with Crippen molar-refractivity contribution in [3.05, 3.63) is 0 Å². The van der Waals surface area contributed by atoms with Crippen molar-refractivity contribution < 1.29 is 4.79 Å². The van der Waals surface area contributed by atoms with Crippen molar-refractivity contribution >= 4 is 5.91 Å². The van der Waals surface area contributed by atoms with Crippen molar-refractivity contribution in [1.82, 2.24) is 15.1 Å². The molecule has 0 radical (unpaired) electrons. The van der Waals surface area contributed by atoms with Gasteiger partial charge in [-0.25, -0.2) is 0 Å². The molecular weight excluding hydrogens is 202 g/mol. The van der Waals surface area contributed by atoms with E-state index in [0.29, 0.717) is 12.6 Å². The molecule has 1 atom stereocenters. The minimum atomic E-state index is 0.270. The molecular formula is C12H25N3O. The van der Waals surface area contributed by atoms with Gasteiger partial charge in [-0.05, 0) is 20.4 Å². The van der Waals surface area contributed by atoms with Crippen LogP contribution in [0.5, 0.6) is 0 Å². The van der Waals surface area contributed by atoms with Crippen molar-refractivity contribution in [3.63, 3.8) is 0 Å². The lowest BCUT2D eigenvalue weighted by atomic mass is 10.2. The molecule has 0 aromatic rings. The fraction of sp³-hybridized carbons (Fsp3) is 0.917. The first-order valence-corrected chi connectivity index (χ1v) is 6.34. The third kappa shape index (κ3) is 4.10. The van der Waals surface area contributed by atoms with E-state index in [4.69, 9.17) is 0 Å². The van der Waals surface area contributed by atoms with E-state index >= 15 is 0 Å². The standard InChI is InChI=1S/C12H25N3O/c1-4-5-11(2)14(3)10-12(16)15-8-6-13-7-9-15/h11,13H,4-10H2,1-3H3. The summed E-state index contributed by atoms with van der Waals surface area (Å²) in [5.41, 5.74) is 0. The molecule has 1 unspecified atom stereocenters. The van der Waals surface area contributed by atoms with E-state index in [1.54, 1.807) is 0 Å². The third-order valence-electron chi connectivity index (χ3n) is 3.31. The molecule has 0 saturated carbocycles. The highest BCUT2D eigenvalue weighted by molar-refractivity contribution is 5.78. The maximum Gasteiger partial charge on any atom is 0.236 e. The minimum Gasteiger partial charge on any atom is -0.339 e. The maximum absolute atomic E-state index is 12.0. The summed E-state index contributed by atoms with van der Waals surface area (Å²) in [5.74, 6) is 0.270. The van der Waals surface area contributed by atoms with Gasteiger partial charge in [-0.2, -0.15) is 0 Å². The van der Waals surface area contributed by atoms with Gasteiger partial charge in [0.05, 0.1) is 6.54 Å². The first kappa shape index (κ1) is 13.5. The molecule has 4 nitrogen and oxygen atoms in total. The van der Waals surface area contributed by atoms with Gasteiger partial charge in [-0.1, -0.05) is 13.3 Å². The Morgan fingerprint density at radius 1 is 1.44 bits per heavy atom. The highest BCUT2D eigenvalue weighted by atomic mass is 16.2. The fourth-order valence-electron chi connectivity index (χ4n) is 2.02. The first-order valence-electron chi connectivity index (χ1n) is 6.34. The van der Waals surface area contributed by atoms with Crippen LogP contribution in [0.15, 0.2) is 0 Å². The Morgan fingerprint density at radius 2 is 2.06 bits per heavy atom. The molecule has 1 rings (SSSR count). The van der Waals surface area contributed by atoms with Crippen molar-refractivity contribution in [2.75, 3.05) is 39.8 Å². The molecule has 0 spiro atoms. The number of rotatable bonds is 5. The Labute approximate surface area is 99.0 Å². The highest BCUT2D eigenvalue weighted by Crippen LogP contribution is 2.04. The predicted octanol–water partition coefficient (Wildman–Crippen LogP) is 0.539. The lowest BCUT2D eigenvalue weighted by Crippen LogP contribution is -2.50. The number of piperazine rings is 1. The molecule has 0 bridgehead atoms. The van der Waals surface area contributed by atoms with Gasteiger partial charge >= 0.3 is 0 Å². The molecule has 1 fully saturated rings. The van der Waals surface area contributed by atoms with Gasteiger partial charge in [0.1, 0.15) is 0 Å². The van der Waals surface area contributed by atoms with E-state index in [2.05, 4.69) is 24.1 Å². The van der Waals surface area contributed by atoms with Crippen LogP contribution in [0.2, 0.25) is 0 Å². The Kier molecular flexibility index (Phi) is 5.77. The van der Waals surface area contributed by atoms with Gasteiger partial charge in [0, 0.05) is 32.2 Å². The summed E-state index contributed by atoms with van der Waals surface area (Å²) in [5, 5.41) is 3.26. The SMILES string of the molecule is CCCC(C)N(C)CC(=O)N1CCNCC1. The van der Waals surface area contributed by atoms with Gasteiger partial charge in [-0.3, -0.25) is 9.69 Å². The monoisotopic (exact) mass is 227 g/mol. The van der Waals surface area contributed by atoms with Gasteiger partial charge in [0.15, 0.2) is 0 Å². The number of carbonyl (C=O) groups is 1. The summed E-state index contributed by atoms with van der Waals surface area (Å²) in [4.78, 5) is 16.1. The quantitative estimate of drug-likeness (QED) is 0.744. The van der Waals surface area contributed by atoms with Crippen LogP contribution >= 0.6 is 0 Å². The number of hydrogen-bond donors (Lipinski definition) is 1. The zero-order chi connectivity index (χ0) is 12.0. The molecule has 0 aliphatic carbocycles. The summed E-state index contributed by atoms with van der Waals surface area (Å²) in [6.07, 6.45) is 2.33. The largest absolute Gasteiger partial charge is 0.339 e. The molecule has 1 N–H and O–H groups in total. The van der Waals surface area contributed by atoms with E-state index < -0.39 is 0 Å². The van der Waals surface area contributed by atoms with E-state index in [9.17, 15) is 4.79 Å². The van der Waals surface area contributed by atoms with Crippen LogP contribution in [0.1, 0.15) is 26.7 Å². The molecule has 1 heterocycles. The summed E-state index contributed by atoms with van der Waals surface area (Å²) in [6, 6.07) is 0.497. The summed E-state index contributed by atoms with van der Waals surface area (Å²) < 4.78 is 0. The van der Waals surface area contributed by atoms with Crippen molar-refractivity contribution in [2.45, 2.75) is 32.7 Å². The number of likely N-dealkylation sites (N-methyl/N-ethyl adjacent to an activating group) is 1. The van der Waals surface area contributed by atoms with Gasteiger partial charge < -0.3 is 10.2 Å². The van der Waals surface area contributed by atoms with Crippen LogP contribution < -0.4 is 5.32 Å². The second kappa shape index (κ2) is 6.86. The summed E-state index contributed by atoms with van der Waals surface area (Å²) in [7, 11) is 2.04. The zero-order valence-corrected chi connectivity index (χ0v) is 10.8. The Bertz CT molecular complexity index is 214. The Morgan fingerprint density at radius 3 is 2.62 bits per heavy atom. The molecule has 4 heteroatoms. The zero-order valence-electron chi connectivity index (χ0n) is 10.8. The number of nitrogens with one attached hydrogen (secondary N) is 1. The van der Waals surface area contributed by atoms with Crippen LogP contribution in [0.3, 0.4) is 0 Å². The molecule has 1 saturated heterocycles. The highest BCUT2D eigenvalue weighted by Gasteiger charge is 2.19. The number of nitrogens with zero attached hydrogens (tertiary/aromatic N) is 2. The molecule has 0 aromatic carbocycles. The topological polar surface area (TPSA) is 35.6 Å².